The zero-order chi connectivity index (χ0) is 17.9. The number of hydrogen-bond donors (Lipinski definition) is 0. The van der Waals surface area contributed by atoms with Crippen LogP contribution in [0.1, 0.15) is 27.0 Å². The molecular formula is C22H17NO3. The molecule has 0 N–H and O–H groups in total. The van der Waals surface area contributed by atoms with E-state index in [1.807, 2.05) is 85.7 Å². The minimum absolute atomic E-state index is 0.306. The Morgan fingerprint density at radius 1 is 0.808 bits per heavy atom. The third-order valence-electron chi connectivity index (χ3n) is 5.12. The van der Waals surface area contributed by atoms with Crippen LogP contribution in [0.4, 0.5) is 5.69 Å². The second-order valence-electron chi connectivity index (χ2n) is 6.79. The second-order valence-corrected chi connectivity index (χ2v) is 6.79. The van der Waals surface area contributed by atoms with E-state index in [-0.39, 0.29) is 5.97 Å². The quantitative estimate of drug-likeness (QED) is 0.617. The normalized spacial score (nSPS) is 19.2. The summed E-state index contributed by atoms with van der Waals surface area (Å²) in [5.41, 5.74) is 3.22. The number of ether oxygens (including phenoxy) is 2. The van der Waals surface area contributed by atoms with E-state index in [4.69, 9.17) is 9.47 Å². The highest BCUT2D eigenvalue weighted by atomic mass is 16.6. The van der Waals surface area contributed by atoms with E-state index < -0.39 is 5.60 Å². The zero-order valence-electron chi connectivity index (χ0n) is 14.5. The SMILES string of the molecule is CN(C)c1ccc2c(c1)Oc1ccccc1C21OC(=O)c2ccccc21. The van der Waals surface area contributed by atoms with Crippen LogP contribution in [0.15, 0.2) is 66.7 Å². The van der Waals surface area contributed by atoms with Crippen molar-refractivity contribution in [3.05, 3.63) is 89.0 Å². The number of rotatable bonds is 1. The molecule has 0 fully saturated rings. The Balaban J connectivity index is 1.86. The van der Waals surface area contributed by atoms with Crippen molar-refractivity contribution in [1.29, 1.82) is 0 Å². The van der Waals surface area contributed by atoms with Crippen molar-refractivity contribution < 1.29 is 14.3 Å². The summed E-state index contributed by atoms with van der Waals surface area (Å²) in [5.74, 6) is 1.11. The molecule has 0 aromatic heterocycles. The maximum absolute atomic E-state index is 12.7. The molecule has 128 valence electrons. The van der Waals surface area contributed by atoms with Gasteiger partial charge in [-0.1, -0.05) is 36.4 Å². The zero-order valence-corrected chi connectivity index (χ0v) is 14.5. The first-order chi connectivity index (χ1) is 12.6. The molecule has 3 aromatic carbocycles. The Hall–Kier alpha value is -3.27. The molecule has 0 saturated carbocycles. The Bertz CT molecular complexity index is 1060. The molecule has 2 aliphatic heterocycles. The lowest BCUT2D eigenvalue weighted by Crippen LogP contribution is -2.33. The highest BCUT2D eigenvalue weighted by molar-refractivity contribution is 5.97. The molecule has 0 aliphatic carbocycles. The van der Waals surface area contributed by atoms with Gasteiger partial charge in [0.15, 0.2) is 5.60 Å². The molecule has 0 saturated heterocycles. The van der Waals surface area contributed by atoms with E-state index in [1.54, 1.807) is 0 Å². The summed E-state index contributed by atoms with van der Waals surface area (Å²) in [5, 5.41) is 0. The lowest BCUT2D eigenvalue weighted by atomic mass is 9.77. The van der Waals surface area contributed by atoms with Crippen LogP contribution >= 0.6 is 0 Å². The molecule has 26 heavy (non-hydrogen) atoms. The molecule has 2 aliphatic rings. The summed E-state index contributed by atoms with van der Waals surface area (Å²) in [4.78, 5) is 14.7. The lowest BCUT2D eigenvalue weighted by molar-refractivity contribution is 0.0224. The molecule has 3 aromatic rings. The highest BCUT2D eigenvalue weighted by Gasteiger charge is 2.53. The fourth-order valence-electron chi connectivity index (χ4n) is 3.89. The number of esters is 1. The van der Waals surface area contributed by atoms with Gasteiger partial charge in [-0.05, 0) is 24.3 Å². The van der Waals surface area contributed by atoms with Gasteiger partial charge in [0.05, 0.1) is 5.56 Å². The van der Waals surface area contributed by atoms with Crippen LogP contribution in [-0.4, -0.2) is 20.1 Å². The molecular weight excluding hydrogens is 326 g/mol. The smallest absolute Gasteiger partial charge is 0.340 e. The third-order valence-corrected chi connectivity index (χ3v) is 5.12. The van der Waals surface area contributed by atoms with Crippen LogP contribution in [0.2, 0.25) is 0 Å². The maximum Gasteiger partial charge on any atom is 0.340 e. The molecule has 5 rings (SSSR count). The predicted octanol–water partition coefficient (Wildman–Crippen LogP) is 4.32. The van der Waals surface area contributed by atoms with Crippen LogP contribution in [0.5, 0.6) is 11.5 Å². The number of hydrogen-bond acceptors (Lipinski definition) is 4. The van der Waals surface area contributed by atoms with E-state index in [0.29, 0.717) is 17.1 Å². The third kappa shape index (κ3) is 1.81. The molecule has 1 unspecified atom stereocenters. The summed E-state index contributed by atoms with van der Waals surface area (Å²) in [6.45, 7) is 0. The first-order valence-electron chi connectivity index (χ1n) is 8.53. The van der Waals surface area contributed by atoms with Gasteiger partial charge in [0.25, 0.3) is 0 Å². The minimum atomic E-state index is -0.970. The van der Waals surface area contributed by atoms with Gasteiger partial charge in [0.1, 0.15) is 11.5 Å². The number of anilines is 1. The number of para-hydroxylation sites is 1. The Morgan fingerprint density at radius 2 is 1.50 bits per heavy atom. The first-order valence-corrected chi connectivity index (χ1v) is 8.53. The van der Waals surface area contributed by atoms with Gasteiger partial charge < -0.3 is 14.4 Å². The maximum atomic E-state index is 12.7. The summed E-state index contributed by atoms with van der Waals surface area (Å²) in [6.07, 6.45) is 0. The fraction of sp³-hybridized carbons (Fsp3) is 0.136. The Morgan fingerprint density at radius 3 is 2.31 bits per heavy atom. The van der Waals surface area contributed by atoms with Crippen molar-refractivity contribution in [2.24, 2.45) is 0 Å². The molecule has 1 atom stereocenters. The number of benzene rings is 3. The molecule has 0 bridgehead atoms. The molecule has 0 radical (unpaired) electrons. The van der Waals surface area contributed by atoms with E-state index in [0.717, 1.165) is 22.4 Å². The van der Waals surface area contributed by atoms with Crippen molar-refractivity contribution in [3.8, 4) is 11.5 Å². The van der Waals surface area contributed by atoms with Crippen molar-refractivity contribution in [2.45, 2.75) is 5.60 Å². The topological polar surface area (TPSA) is 38.8 Å². The fourth-order valence-corrected chi connectivity index (χ4v) is 3.89. The van der Waals surface area contributed by atoms with Gasteiger partial charge in [-0.15, -0.1) is 0 Å². The average Bonchev–Trinajstić information content (AvgIpc) is 2.95. The molecule has 4 heteroatoms. The summed E-state index contributed by atoms with van der Waals surface area (Å²) >= 11 is 0. The predicted molar refractivity (Wildman–Crippen MR) is 99.0 cm³/mol. The van der Waals surface area contributed by atoms with Crippen LogP contribution in [-0.2, 0) is 10.3 Å². The molecule has 4 nitrogen and oxygen atoms in total. The molecule has 2 heterocycles. The summed E-state index contributed by atoms with van der Waals surface area (Å²) < 4.78 is 12.3. The van der Waals surface area contributed by atoms with E-state index in [2.05, 4.69) is 0 Å². The van der Waals surface area contributed by atoms with Crippen molar-refractivity contribution in [1.82, 2.24) is 0 Å². The van der Waals surface area contributed by atoms with E-state index in [1.165, 1.54) is 0 Å². The first kappa shape index (κ1) is 15.0. The van der Waals surface area contributed by atoms with E-state index >= 15 is 0 Å². The number of nitrogens with zero attached hydrogens (tertiary/aromatic N) is 1. The summed E-state index contributed by atoms with van der Waals surface area (Å²) in [6, 6.07) is 21.3. The van der Waals surface area contributed by atoms with Crippen molar-refractivity contribution in [3.63, 3.8) is 0 Å². The monoisotopic (exact) mass is 343 g/mol. The van der Waals surface area contributed by atoms with Gasteiger partial charge >= 0.3 is 5.97 Å². The van der Waals surface area contributed by atoms with Gasteiger partial charge in [-0.25, -0.2) is 4.79 Å². The van der Waals surface area contributed by atoms with E-state index in [9.17, 15) is 4.79 Å². The Labute approximate surface area is 151 Å². The van der Waals surface area contributed by atoms with Gasteiger partial charge in [-0.3, -0.25) is 0 Å². The summed E-state index contributed by atoms with van der Waals surface area (Å²) in [7, 11) is 3.97. The minimum Gasteiger partial charge on any atom is -0.456 e. The Kier molecular flexibility index (Phi) is 2.95. The largest absolute Gasteiger partial charge is 0.456 e. The van der Waals surface area contributed by atoms with Gasteiger partial charge in [-0.2, -0.15) is 0 Å². The van der Waals surface area contributed by atoms with Crippen molar-refractivity contribution in [2.75, 3.05) is 19.0 Å². The standard InChI is InChI=1S/C22H17NO3/c1-23(2)14-11-12-18-20(13-14)25-19-10-6-5-9-17(19)22(18)16-8-4-3-7-15(16)21(24)26-22/h3-13H,1-2H3. The number of carbonyl (C=O) groups excluding carboxylic acids is 1. The van der Waals surface area contributed by atoms with Crippen molar-refractivity contribution >= 4 is 11.7 Å². The van der Waals surface area contributed by atoms with Crippen LogP contribution in [0.25, 0.3) is 0 Å². The molecule has 0 amide bonds. The van der Waals surface area contributed by atoms with Crippen LogP contribution in [0.3, 0.4) is 0 Å². The van der Waals surface area contributed by atoms with Gasteiger partial charge in [0.2, 0.25) is 0 Å². The number of carbonyl (C=O) groups is 1. The lowest BCUT2D eigenvalue weighted by Gasteiger charge is -2.36. The highest BCUT2D eigenvalue weighted by Crippen LogP contribution is 2.56. The number of fused-ring (bicyclic) bond motifs is 6. The molecule has 1 spiro atoms. The average molecular weight is 343 g/mol. The second kappa shape index (κ2) is 5.11. The van der Waals surface area contributed by atoms with Crippen LogP contribution < -0.4 is 9.64 Å². The van der Waals surface area contributed by atoms with Gasteiger partial charge in [0, 0.05) is 42.5 Å². The van der Waals surface area contributed by atoms with Crippen LogP contribution in [0, 0.1) is 0 Å².